The molecule has 166 valence electrons. The molecule has 0 aromatic heterocycles. The first-order chi connectivity index (χ1) is 15.6. The predicted molar refractivity (Wildman–Crippen MR) is 122 cm³/mol. The van der Waals surface area contributed by atoms with Crippen LogP contribution in [0.3, 0.4) is 0 Å². The van der Waals surface area contributed by atoms with Crippen LogP contribution < -0.4 is 4.90 Å². The van der Waals surface area contributed by atoms with Crippen LogP contribution in [0, 0.1) is 5.92 Å². The maximum absolute atomic E-state index is 13.4. The summed E-state index contributed by atoms with van der Waals surface area (Å²) in [5, 5.41) is 0. The number of hydrogen-bond acceptors (Lipinski definition) is 4. The maximum Gasteiger partial charge on any atom is 0.263 e. The van der Waals surface area contributed by atoms with E-state index < -0.39 is 0 Å². The van der Waals surface area contributed by atoms with Gasteiger partial charge in [0.05, 0.1) is 22.7 Å². The SMILES string of the molecule is CCN(Cc1ccccc1)C(=O)[C@@H]1CCCN(c2cccc3c2C(=O)N(C2CC2)C3=O)C1. The number of rotatable bonds is 6. The molecule has 6 heteroatoms. The van der Waals surface area contributed by atoms with Crippen LogP contribution in [-0.4, -0.2) is 53.2 Å². The van der Waals surface area contributed by atoms with Crippen LogP contribution in [0.2, 0.25) is 0 Å². The van der Waals surface area contributed by atoms with E-state index in [4.69, 9.17) is 0 Å². The average molecular weight is 432 g/mol. The molecule has 2 aliphatic heterocycles. The monoisotopic (exact) mass is 431 g/mol. The highest BCUT2D eigenvalue weighted by Crippen LogP contribution is 2.39. The number of hydrogen-bond donors (Lipinski definition) is 0. The molecule has 1 saturated heterocycles. The van der Waals surface area contributed by atoms with Crippen LogP contribution in [0.4, 0.5) is 5.69 Å². The van der Waals surface area contributed by atoms with Crippen LogP contribution in [0.15, 0.2) is 48.5 Å². The first-order valence-corrected chi connectivity index (χ1v) is 11.7. The predicted octanol–water partition coefficient (Wildman–Crippen LogP) is 3.71. The van der Waals surface area contributed by atoms with Crippen molar-refractivity contribution in [3.63, 3.8) is 0 Å². The molecule has 0 bridgehead atoms. The molecule has 3 aliphatic rings. The Labute approximate surface area is 188 Å². The zero-order valence-corrected chi connectivity index (χ0v) is 18.5. The van der Waals surface area contributed by atoms with Crippen molar-refractivity contribution in [1.29, 1.82) is 0 Å². The van der Waals surface area contributed by atoms with Gasteiger partial charge >= 0.3 is 0 Å². The molecule has 2 aromatic rings. The topological polar surface area (TPSA) is 60.9 Å². The van der Waals surface area contributed by atoms with Gasteiger partial charge in [-0.05, 0) is 50.3 Å². The van der Waals surface area contributed by atoms with Crippen molar-refractivity contribution in [2.24, 2.45) is 5.92 Å². The fourth-order valence-electron chi connectivity index (χ4n) is 5.02. The van der Waals surface area contributed by atoms with E-state index in [1.165, 1.54) is 4.90 Å². The van der Waals surface area contributed by atoms with Crippen LogP contribution in [-0.2, 0) is 11.3 Å². The van der Waals surface area contributed by atoms with Crippen molar-refractivity contribution in [1.82, 2.24) is 9.80 Å². The third-order valence-corrected chi connectivity index (χ3v) is 6.86. The van der Waals surface area contributed by atoms with Gasteiger partial charge in [0.15, 0.2) is 0 Å². The number of fused-ring (bicyclic) bond motifs is 1. The first kappa shape index (κ1) is 20.7. The van der Waals surface area contributed by atoms with E-state index in [1.54, 1.807) is 6.07 Å². The van der Waals surface area contributed by atoms with E-state index in [1.807, 2.05) is 54.3 Å². The van der Waals surface area contributed by atoms with Gasteiger partial charge in [-0.1, -0.05) is 36.4 Å². The number of amides is 3. The number of nitrogens with zero attached hydrogens (tertiary/aromatic N) is 3. The maximum atomic E-state index is 13.4. The number of carbonyl (C=O) groups is 3. The van der Waals surface area contributed by atoms with Crippen molar-refractivity contribution in [2.45, 2.75) is 45.2 Å². The number of benzene rings is 2. The highest BCUT2D eigenvalue weighted by atomic mass is 16.2. The van der Waals surface area contributed by atoms with E-state index in [2.05, 4.69) is 4.90 Å². The van der Waals surface area contributed by atoms with Crippen molar-refractivity contribution in [3.8, 4) is 0 Å². The summed E-state index contributed by atoms with van der Waals surface area (Å²) in [5.41, 5.74) is 2.95. The standard InChI is InChI=1S/C26H29N3O3/c1-2-27(16-18-8-4-3-5-9-18)24(30)19-10-7-15-28(17-19)22-12-6-11-21-23(22)26(32)29(25(21)31)20-13-14-20/h3-6,8-9,11-12,19-20H,2,7,10,13-17H2,1H3/t19-/m1/s1. The lowest BCUT2D eigenvalue weighted by Crippen LogP contribution is -2.45. The highest BCUT2D eigenvalue weighted by molar-refractivity contribution is 6.24. The Morgan fingerprint density at radius 2 is 1.78 bits per heavy atom. The van der Waals surface area contributed by atoms with Crippen molar-refractivity contribution in [2.75, 3.05) is 24.5 Å². The molecule has 2 heterocycles. The lowest BCUT2D eigenvalue weighted by atomic mass is 9.94. The third-order valence-electron chi connectivity index (χ3n) is 6.86. The van der Waals surface area contributed by atoms with Gasteiger partial charge in [-0.25, -0.2) is 0 Å². The quantitative estimate of drug-likeness (QED) is 0.655. The second kappa shape index (κ2) is 8.41. The Morgan fingerprint density at radius 1 is 1.00 bits per heavy atom. The summed E-state index contributed by atoms with van der Waals surface area (Å²) in [6.07, 6.45) is 3.53. The van der Waals surface area contributed by atoms with E-state index >= 15 is 0 Å². The summed E-state index contributed by atoms with van der Waals surface area (Å²) in [6.45, 7) is 4.65. The van der Waals surface area contributed by atoms with Crippen LogP contribution in [0.5, 0.6) is 0 Å². The summed E-state index contributed by atoms with van der Waals surface area (Å²) < 4.78 is 0. The van der Waals surface area contributed by atoms with Crippen molar-refractivity contribution < 1.29 is 14.4 Å². The molecular weight excluding hydrogens is 402 g/mol. The molecule has 1 saturated carbocycles. The minimum absolute atomic E-state index is 0.0574. The van der Waals surface area contributed by atoms with Gasteiger partial charge in [0.1, 0.15) is 0 Å². The summed E-state index contributed by atoms with van der Waals surface area (Å²) in [7, 11) is 0. The number of imide groups is 1. The molecule has 3 amide bonds. The molecule has 1 aliphatic carbocycles. The van der Waals surface area contributed by atoms with Crippen molar-refractivity contribution >= 4 is 23.4 Å². The van der Waals surface area contributed by atoms with Gasteiger partial charge in [0, 0.05) is 32.2 Å². The molecule has 32 heavy (non-hydrogen) atoms. The highest BCUT2D eigenvalue weighted by Gasteiger charge is 2.46. The van der Waals surface area contributed by atoms with Crippen LogP contribution in [0.25, 0.3) is 0 Å². The van der Waals surface area contributed by atoms with Gasteiger partial charge < -0.3 is 9.80 Å². The number of piperidine rings is 1. The van der Waals surface area contributed by atoms with E-state index in [9.17, 15) is 14.4 Å². The molecule has 2 fully saturated rings. The van der Waals surface area contributed by atoms with Crippen molar-refractivity contribution in [3.05, 3.63) is 65.2 Å². The molecule has 0 N–H and O–H groups in total. The average Bonchev–Trinajstić information content (AvgIpc) is 3.63. The van der Waals surface area contributed by atoms with Crippen LogP contribution in [0.1, 0.15) is 58.9 Å². The molecule has 2 aromatic carbocycles. The number of carbonyl (C=O) groups excluding carboxylic acids is 3. The summed E-state index contributed by atoms with van der Waals surface area (Å²) in [6, 6.07) is 15.7. The Hall–Kier alpha value is -3.15. The Bertz CT molecular complexity index is 1050. The van der Waals surface area contributed by atoms with E-state index in [-0.39, 0.29) is 29.7 Å². The zero-order chi connectivity index (χ0) is 22.2. The van der Waals surface area contributed by atoms with Gasteiger partial charge in [-0.2, -0.15) is 0 Å². The second-order valence-electron chi connectivity index (χ2n) is 9.03. The second-order valence-corrected chi connectivity index (χ2v) is 9.03. The molecular formula is C26H29N3O3. The minimum atomic E-state index is -0.171. The lowest BCUT2D eigenvalue weighted by Gasteiger charge is -2.36. The van der Waals surface area contributed by atoms with Gasteiger partial charge in [-0.3, -0.25) is 19.3 Å². The smallest absolute Gasteiger partial charge is 0.263 e. The molecule has 5 rings (SSSR count). The molecule has 6 nitrogen and oxygen atoms in total. The molecule has 0 spiro atoms. The third kappa shape index (κ3) is 3.68. The fourth-order valence-corrected chi connectivity index (χ4v) is 5.02. The fraction of sp³-hybridized carbons (Fsp3) is 0.423. The Kier molecular flexibility index (Phi) is 5.45. The molecule has 0 unspecified atom stereocenters. The zero-order valence-electron chi connectivity index (χ0n) is 18.5. The van der Waals surface area contributed by atoms with Gasteiger partial charge in [0.25, 0.3) is 11.8 Å². The molecule has 0 radical (unpaired) electrons. The summed E-state index contributed by atoms with van der Waals surface area (Å²) >= 11 is 0. The van der Waals surface area contributed by atoms with E-state index in [0.717, 1.165) is 43.5 Å². The number of anilines is 1. The van der Waals surface area contributed by atoms with Crippen LogP contribution >= 0.6 is 0 Å². The lowest BCUT2D eigenvalue weighted by molar-refractivity contribution is -0.136. The van der Waals surface area contributed by atoms with Gasteiger partial charge in [0.2, 0.25) is 5.91 Å². The Morgan fingerprint density at radius 3 is 2.50 bits per heavy atom. The molecule has 1 atom stereocenters. The first-order valence-electron chi connectivity index (χ1n) is 11.7. The summed E-state index contributed by atoms with van der Waals surface area (Å²) in [4.78, 5) is 44.8. The Balaban J connectivity index is 1.35. The van der Waals surface area contributed by atoms with E-state index in [0.29, 0.717) is 30.8 Å². The summed E-state index contributed by atoms with van der Waals surface area (Å²) in [5.74, 6) is -0.291. The van der Waals surface area contributed by atoms with Gasteiger partial charge in [-0.15, -0.1) is 0 Å². The largest absolute Gasteiger partial charge is 0.370 e. The normalized spacial score (nSPS) is 20.5. The minimum Gasteiger partial charge on any atom is -0.370 e.